The number of hydrogen-bond donors (Lipinski definition) is 1. The van der Waals surface area contributed by atoms with Gasteiger partial charge in [0.15, 0.2) is 0 Å². The van der Waals surface area contributed by atoms with Gasteiger partial charge < -0.3 is 10.2 Å². The number of benzene rings is 3. The van der Waals surface area contributed by atoms with Crippen LogP contribution in [0.4, 0.5) is 0 Å². The number of amides is 2. The normalized spacial score (nSPS) is 11.7. The molecule has 0 saturated heterocycles. The molecule has 0 fully saturated rings. The molecule has 8 heteroatoms. The standard InChI is InChI=1S/C27H27BrCl2N2O2S/c1-2-31-27(34)25(15-19-7-4-3-5-8-19)32(16-22-23(29)9-6-10-24(22)30)26(33)18-35-17-20-11-13-21(28)14-12-20/h3-14,25H,2,15-18H2,1H3,(H,31,34). The van der Waals surface area contributed by atoms with Gasteiger partial charge in [0.1, 0.15) is 6.04 Å². The average Bonchev–Trinajstić information content (AvgIpc) is 2.85. The number of carbonyl (C=O) groups excluding carboxylic acids is 2. The lowest BCUT2D eigenvalue weighted by Crippen LogP contribution is -2.51. The van der Waals surface area contributed by atoms with Crippen LogP contribution in [0, 0.1) is 0 Å². The fourth-order valence-corrected chi connectivity index (χ4v) is 5.27. The molecule has 184 valence electrons. The van der Waals surface area contributed by atoms with E-state index in [1.165, 1.54) is 11.8 Å². The zero-order valence-electron chi connectivity index (χ0n) is 19.3. The second-order valence-electron chi connectivity index (χ2n) is 7.94. The third-order valence-electron chi connectivity index (χ3n) is 5.42. The first-order valence-corrected chi connectivity index (χ1v) is 14.0. The summed E-state index contributed by atoms with van der Waals surface area (Å²) in [6.07, 6.45) is 0.387. The van der Waals surface area contributed by atoms with Crippen molar-refractivity contribution in [3.05, 3.63) is 104 Å². The van der Waals surface area contributed by atoms with Gasteiger partial charge in [-0.15, -0.1) is 11.8 Å². The summed E-state index contributed by atoms with van der Waals surface area (Å²) in [6, 6.07) is 22.2. The zero-order valence-corrected chi connectivity index (χ0v) is 23.3. The number of likely N-dealkylation sites (N-methyl/N-ethyl adjacent to an activating group) is 1. The highest BCUT2D eigenvalue weighted by Gasteiger charge is 2.31. The van der Waals surface area contributed by atoms with Crippen LogP contribution >= 0.6 is 50.9 Å². The summed E-state index contributed by atoms with van der Waals surface area (Å²) in [5.41, 5.74) is 2.72. The summed E-state index contributed by atoms with van der Waals surface area (Å²) in [7, 11) is 0. The van der Waals surface area contributed by atoms with E-state index in [0.717, 1.165) is 15.6 Å². The molecule has 3 aromatic carbocycles. The third-order valence-corrected chi connectivity index (χ3v) is 7.65. The van der Waals surface area contributed by atoms with E-state index in [4.69, 9.17) is 23.2 Å². The van der Waals surface area contributed by atoms with Gasteiger partial charge >= 0.3 is 0 Å². The monoisotopic (exact) mass is 592 g/mol. The quantitative estimate of drug-likeness (QED) is 0.267. The summed E-state index contributed by atoms with van der Waals surface area (Å²) >= 11 is 17.9. The SMILES string of the molecule is CCNC(=O)C(Cc1ccccc1)N(Cc1c(Cl)cccc1Cl)C(=O)CSCc1ccc(Br)cc1. The Balaban J connectivity index is 1.86. The molecule has 0 aromatic heterocycles. The van der Waals surface area contributed by atoms with Crippen molar-refractivity contribution in [2.45, 2.75) is 31.7 Å². The molecule has 0 spiro atoms. The lowest BCUT2D eigenvalue weighted by atomic mass is 10.0. The van der Waals surface area contributed by atoms with E-state index in [2.05, 4.69) is 21.2 Å². The van der Waals surface area contributed by atoms with Crippen molar-refractivity contribution in [1.29, 1.82) is 0 Å². The van der Waals surface area contributed by atoms with Crippen molar-refractivity contribution in [1.82, 2.24) is 10.2 Å². The van der Waals surface area contributed by atoms with E-state index < -0.39 is 6.04 Å². The zero-order chi connectivity index (χ0) is 25.2. The highest BCUT2D eigenvalue weighted by Crippen LogP contribution is 2.28. The second-order valence-corrected chi connectivity index (χ2v) is 10.7. The molecule has 2 amide bonds. The summed E-state index contributed by atoms with van der Waals surface area (Å²) < 4.78 is 1.01. The summed E-state index contributed by atoms with van der Waals surface area (Å²) in [5, 5.41) is 3.82. The predicted molar refractivity (Wildman–Crippen MR) is 150 cm³/mol. The maximum atomic E-state index is 13.6. The minimum absolute atomic E-state index is 0.143. The number of carbonyl (C=O) groups is 2. The fraction of sp³-hybridized carbons (Fsp3) is 0.259. The molecule has 0 bridgehead atoms. The van der Waals surface area contributed by atoms with Crippen molar-refractivity contribution < 1.29 is 9.59 Å². The van der Waals surface area contributed by atoms with Crippen molar-refractivity contribution in [3.63, 3.8) is 0 Å². The van der Waals surface area contributed by atoms with E-state index in [0.29, 0.717) is 34.3 Å². The van der Waals surface area contributed by atoms with Gasteiger partial charge in [-0.05, 0) is 42.3 Å². The smallest absolute Gasteiger partial charge is 0.243 e. The topological polar surface area (TPSA) is 49.4 Å². The minimum atomic E-state index is -0.703. The van der Waals surface area contributed by atoms with Crippen LogP contribution < -0.4 is 5.32 Å². The molecule has 0 heterocycles. The van der Waals surface area contributed by atoms with Crippen LogP contribution in [0.2, 0.25) is 10.0 Å². The second kappa shape index (κ2) is 13.9. The number of halogens is 3. The van der Waals surface area contributed by atoms with Gasteiger partial charge in [-0.2, -0.15) is 0 Å². The Kier molecular flexibility index (Phi) is 11.0. The van der Waals surface area contributed by atoms with Crippen molar-refractivity contribution in [2.24, 2.45) is 0 Å². The maximum absolute atomic E-state index is 13.6. The van der Waals surface area contributed by atoms with Gasteiger partial charge in [0.05, 0.1) is 5.75 Å². The van der Waals surface area contributed by atoms with Crippen LogP contribution in [0.1, 0.15) is 23.6 Å². The van der Waals surface area contributed by atoms with Gasteiger partial charge in [-0.3, -0.25) is 9.59 Å². The Morgan fingerprint density at radius 2 is 1.60 bits per heavy atom. The molecule has 1 unspecified atom stereocenters. The van der Waals surface area contributed by atoms with Crippen LogP contribution in [0.15, 0.2) is 77.3 Å². The number of nitrogens with one attached hydrogen (secondary N) is 1. The molecule has 35 heavy (non-hydrogen) atoms. The molecule has 1 atom stereocenters. The minimum Gasteiger partial charge on any atom is -0.355 e. The van der Waals surface area contributed by atoms with Gasteiger partial charge in [0, 0.05) is 45.3 Å². The first-order valence-electron chi connectivity index (χ1n) is 11.2. The molecule has 4 nitrogen and oxygen atoms in total. The summed E-state index contributed by atoms with van der Waals surface area (Å²) in [6.45, 7) is 2.48. The van der Waals surface area contributed by atoms with Gasteiger partial charge in [-0.25, -0.2) is 0 Å². The lowest BCUT2D eigenvalue weighted by molar-refractivity contribution is -0.139. The van der Waals surface area contributed by atoms with E-state index in [1.807, 2.05) is 61.5 Å². The van der Waals surface area contributed by atoms with Crippen LogP contribution in [-0.4, -0.2) is 35.1 Å². The first kappa shape index (κ1) is 27.6. The van der Waals surface area contributed by atoms with Crippen molar-refractivity contribution in [2.75, 3.05) is 12.3 Å². The van der Waals surface area contributed by atoms with Gasteiger partial charge in [0.25, 0.3) is 0 Å². The summed E-state index contributed by atoms with van der Waals surface area (Å²) in [5.74, 6) is 0.564. The van der Waals surface area contributed by atoms with Crippen LogP contribution in [-0.2, 0) is 28.3 Å². The highest BCUT2D eigenvalue weighted by atomic mass is 79.9. The molecule has 0 aliphatic heterocycles. The Morgan fingerprint density at radius 3 is 2.23 bits per heavy atom. The maximum Gasteiger partial charge on any atom is 0.243 e. The molecular formula is C27H27BrCl2N2O2S. The highest BCUT2D eigenvalue weighted by molar-refractivity contribution is 9.10. The predicted octanol–water partition coefficient (Wildman–Crippen LogP) is 6.77. The number of hydrogen-bond acceptors (Lipinski definition) is 3. The molecule has 0 aliphatic carbocycles. The number of thioether (sulfide) groups is 1. The van der Waals surface area contributed by atoms with Crippen LogP contribution in [0.3, 0.4) is 0 Å². The summed E-state index contributed by atoms with van der Waals surface area (Å²) in [4.78, 5) is 28.4. The van der Waals surface area contributed by atoms with E-state index in [9.17, 15) is 9.59 Å². The van der Waals surface area contributed by atoms with Gasteiger partial charge in [0.2, 0.25) is 11.8 Å². The Hall–Kier alpha value is -1.99. The molecule has 0 saturated carbocycles. The van der Waals surface area contributed by atoms with Gasteiger partial charge in [-0.1, -0.05) is 87.7 Å². The largest absolute Gasteiger partial charge is 0.355 e. The van der Waals surface area contributed by atoms with Crippen LogP contribution in [0.5, 0.6) is 0 Å². The molecule has 1 N–H and O–H groups in total. The van der Waals surface area contributed by atoms with Crippen molar-refractivity contribution in [3.8, 4) is 0 Å². The molecule has 0 aliphatic rings. The fourth-order valence-electron chi connectivity index (χ4n) is 3.62. The Bertz CT molecular complexity index is 1110. The molecule has 3 aromatic rings. The van der Waals surface area contributed by atoms with Crippen molar-refractivity contribution >= 4 is 62.7 Å². The molecular weight excluding hydrogens is 567 g/mol. The van der Waals surface area contributed by atoms with E-state index in [-0.39, 0.29) is 24.1 Å². The number of nitrogens with zero attached hydrogens (tertiary/aromatic N) is 1. The van der Waals surface area contributed by atoms with Crippen LogP contribution in [0.25, 0.3) is 0 Å². The average molecular weight is 594 g/mol. The Morgan fingerprint density at radius 1 is 0.943 bits per heavy atom. The molecule has 0 radical (unpaired) electrons. The van der Waals surface area contributed by atoms with E-state index in [1.54, 1.807) is 23.1 Å². The first-order chi connectivity index (χ1) is 16.9. The van der Waals surface area contributed by atoms with E-state index >= 15 is 0 Å². The molecule has 3 rings (SSSR count). The third kappa shape index (κ3) is 8.28. The lowest BCUT2D eigenvalue weighted by Gasteiger charge is -2.32. The Labute approximate surface area is 229 Å². The number of rotatable bonds is 11.